The number of thioether (sulfide) groups is 1. The average Bonchev–Trinajstić information content (AvgIpc) is 2.85. The van der Waals surface area contributed by atoms with E-state index < -0.39 is 38.9 Å². The third-order valence-corrected chi connectivity index (χ3v) is 7.06. The topological polar surface area (TPSA) is 128 Å². The van der Waals surface area contributed by atoms with Gasteiger partial charge in [-0.2, -0.15) is 8.42 Å². The molecule has 0 aromatic heterocycles. The molecule has 0 aliphatic heterocycles. The second-order valence-corrected chi connectivity index (χ2v) is 11.9. The molecule has 0 saturated carbocycles. The van der Waals surface area contributed by atoms with E-state index in [0.29, 0.717) is 11.5 Å². The Balaban J connectivity index is 2.19. The van der Waals surface area contributed by atoms with E-state index in [2.05, 4.69) is 5.32 Å². The van der Waals surface area contributed by atoms with E-state index in [-0.39, 0.29) is 13.2 Å². The van der Waals surface area contributed by atoms with E-state index in [1.807, 2.05) is 26.8 Å². The number of carbonyl (C=O) groups excluding carboxylic acids is 1. The molecule has 2 rings (SSSR count). The number of hydrogen-bond acceptors (Lipinski definition) is 8. The Bertz CT molecular complexity index is 1140. The van der Waals surface area contributed by atoms with Gasteiger partial charge >= 0.3 is 12.1 Å². The number of methoxy groups -OCH3 is 1. The minimum atomic E-state index is -4.12. The zero-order valence-electron chi connectivity index (χ0n) is 21.2. The van der Waals surface area contributed by atoms with Crippen LogP contribution in [0.1, 0.15) is 31.9 Å². The number of hydrogen-bond donors (Lipinski definition) is 2. The van der Waals surface area contributed by atoms with Crippen LogP contribution in [0.15, 0.2) is 66.1 Å². The van der Waals surface area contributed by atoms with Gasteiger partial charge in [0.15, 0.2) is 0 Å². The summed E-state index contributed by atoms with van der Waals surface area (Å²) < 4.78 is 40.2. The number of rotatable bonds is 13. The molecule has 2 aromatic carbocycles. The Labute approximate surface area is 222 Å². The molecule has 0 saturated heterocycles. The third-order valence-electron chi connectivity index (χ3n) is 4.76. The largest absolute Gasteiger partial charge is 0.497 e. The van der Waals surface area contributed by atoms with Gasteiger partial charge in [-0.3, -0.25) is 8.98 Å². The molecule has 9 nitrogen and oxygen atoms in total. The molecular weight excluding hydrogens is 518 g/mol. The average molecular weight is 552 g/mol. The van der Waals surface area contributed by atoms with E-state index in [9.17, 15) is 23.1 Å². The molecule has 2 aromatic rings. The Kier molecular flexibility index (Phi) is 11.5. The minimum Gasteiger partial charge on any atom is -0.497 e. The van der Waals surface area contributed by atoms with Gasteiger partial charge in [-0.15, -0.1) is 11.8 Å². The Morgan fingerprint density at radius 3 is 2.27 bits per heavy atom. The SMILES string of the molecule is COc1ccc(CS[C@@H](C(=O)O)[C@@H](C=CS(=O)(=O)OCC(C)(C)C)NC(=O)OCc2ccccc2)cc1. The van der Waals surface area contributed by atoms with Crippen molar-refractivity contribution in [3.05, 3.63) is 77.2 Å². The van der Waals surface area contributed by atoms with Gasteiger partial charge in [-0.05, 0) is 34.8 Å². The van der Waals surface area contributed by atoms with Crippen LogP contribution < -0.4 is 10.1 Å². The summed E-state index contributed by atoms with van der Waals surface area (Å²) in [6, 6.07) is 14.8. The molecule has 2 N–H and O–H groups in total. The van der Waals surface area contributed by atoms with E-state index in [0.717, 1.165) is 34.4 Å². The summed E-state index contributed by atoms with van der Waals surface area (Å²) in [4.78, 5) is 24.7. The number of alkyl carbamates (subject to hydrolysis) is 1. The monoisotopic (exact) mass is 551 g/mol. The van der Waals surface area contributed by atoms with Crippen LogP contribution in [0.25, 0.3) is 0 Å². The highest BCUT2D eigenvalue weighted by atomic mass is 32.2. The summed E-state index contributed by atoms with van der Waals surface area (Å²) in [7, 11) is -2.58. The predicted molar refractivity (Wildman–Crippen MR) is 143 cm³/mol. The van der Waals surface area contributed by atoms with Crippen molar-refractivity contribution in [2.24, 2.45) is 5.41 Å². The molecule has 0 aliphatic carbocycles. The second kappa shape index (κ2) is 14.1. The van der Waals surface area contributed by atoms with Crippen LogP contribution in [-0.2, 0) is 36.2 Å². The van der Waals surface area contributed by atoms with Gasteiger partial charge in [0, 0.05) is 5.75 Å². The second-order valence-electron chi connectivity index (χ2n) is 9.29. The molecule has 37 heavy (non-hydrogen) atoms. The lowest BCUT2D eigenvalue weighted by Gasteiger charge is -2.22. The normalized spacial score (nSPS) is 13.6. The highest BCUT2D eigenvalue weighted by Crippen LogP contribution is 2.24. The van der Waals surface area contributed by atoms with Crippen molar-refractivity contribution in [1.29, 1.82) is 0 Å². The first-order chi connectivity index (χ1) is 17.4. The number of ether oxygens (including phenoxy) is 2. The summed E-state index contributed by atoms with van der Waals surface area (Å²) in [5, 5.41) is 11.9. The van der Waals surface area contributed by atoms with Gasteiger partial charge in [0.2, 0.25) is 0 Å². The Morgan fingerprint density at radius 1 is 1.05 bits per heavy atom. The maximum absolute atomic E-state index is 12.5. The number of nitrogens with one attached hydrogen (secondary N) is 1. The molecule has 0 radical (unpaired) electrons. The number of benzene rings is 2. The number of carboxylic acids is 1. The molecule has 0 aliphatic rings. The first-order valence-corrected chi connectivity index (χ1v) is 13.9. The van der Waals surface area contributed by atoms with Crippen LogP contribution >= 0.6 is 11.8 Å². The summed E-state index contributed by atoms with van der Waals surface area (Å²) in [5.74, 6) is -0.281. The lowest BCUT2D eigenvalue weighted by Crippen LogP contribution is -2.44. The molecule has 0 fully saturated rings. The maximum Gasteiger partial charge on any atom is 0.407 e. The van der Waals surface area contributed by atoms with Crippen molar-refractivity contribution in [2.45, 2.75) is 44.4 Å². The highest BCUT2D eigenvalue weighted by molar-refractivity contribution is 7.99. The Hall–Kier alpha value is -3.02. The highest BCUT2D eigenvalue weighted by Gasteiger charge is 2.30. The third kappa shape index (κ3) is 11.7. The van der Waals surface area contributed by atoms with Gasteiger partial charge in [0.1, 0.15) is 17.6 Å². The van der Waals surface area contributed by atoms with Crippen molar-refractivity contribution in [3.63, 3.8) is 0 Å². The number of aliphatic carboxylic acids is 1. The summed E-state index contributed by atoms with van der Waals surface area (Å²) in [6.07, 6.45) is 0.212. The standard InChI is InChI=1S/C26H33NO8S2/c1-26(2,3)18-35-37(31,32)15-14-22(27-25(30)34-16-19-8-6-5-7-9-19)23(24(28)29)36-17-20-10-12-21(33-4)13-11-20/h5-15,22-23H,16-18H2,1-4H3,(H,27,30)(H,28,29)/t22-,23-/m1/s1. The molecule has 202 valence electrons. The van der Waals surface area contributed by atoms with Crippen LogP contribution in [0.4, 0.5) is 4.79 Å². The van der Waals surface area contributed by atoms with Gasteiger partial charge in [-0.1, -0.05) is 63.2 Å². The first-order valence-electron chi connectivity index (χ1n) is 11.4. The lowest BCUT2D eigenvalue weighted by molar-refractivity contribution is -0.136. The van der Waals surface area contributed by atoms with Gasteiger partial charge in [0.05, 0.1) is 25.2 Å². The fourth-order valence-electron chi connectivity index (χ4n) is 2.84. The van der Waals surface area contributed by atoms with E-state index in [1.165, 1.54) is 0 Å². The molecule has 0 unspecified atom stereocenters. The number of carbonyl (C=O) groups is 2. The molecule has 0 spiro atoms. The maximum atomic E-state index is 12.5. The van der Waals surface area contributed by atoms with Crippen LogP contribution in [0.2, 0.25) is 0 Å². The van der Waals surface area contributed by atoms with Crippen LogP contribution in [0, 0.1) is 5.41 Å². The summed E-state index contributed by atoms with van der Waals surface area (Å²) >= 11 is 1.03. The zero-order chi connectivity index (χ0) is 27.5. The van der Waals surface area contributed by atoms with Gasteiger partial charge < -0.3 is 19.9 Å². The fraction of sp³-hybridized carbons (Fsp3) is 0.385. The van der Waals surface area contributed by atoms with Gasteiger partial charge in [-0.25, -0.2) is 4.79 Å². The van der Waals surface area contributed by atoms with Crippen molar-refractivity contribution in [1.82, 2.24) is 5.32 Å². The molecule has 0 bridgehead atoms. The summed E-state index contributed by atoms with van der Waals surface area (Å²) in [6.45, 7) is 5.35. The number of carboxylic acid groups (broad SMARTS) is 1. The van der Waals surface area contributed by atoms with Crippen LogP contribution in [-0.4, -0.2) is 50.6 Å². The molecular formula is C26H33NO8S2. The molecule has 11 heteroatoms. The van der Waals surface area contributed by atoms with E-state index >= 15 is 0 Å². The lowest BCUT2D eigenvalue weighted by atomic mass is 9.99. The molecule has 0 heterocycles. The minimum absolute atomic E-state index is 0.0349. The first kappa shape index (κ1) is 30.2. The fourth-order valence-corrected chi connectivity index (χ4v) is 4.87. The summed E-state index contributed by atoms with van der Waals surface area (Å²) in [5.41, 5.74) is 1.16. The van der Waals surface area contributed by atoms with E-state index in [1.54, 1.807) is 55.6 Å². The van der Waals surface area contributed by atoms with Crippen LogP contribution in [0.5, 0.6) is 5.75 Å². The zero-order valence-corrected chi connectivity index (χ0v) is 22.9. The van der Waals surface area contributed by atoms with Crippen molar-refractivity contribution in [2.75, 3.05) is 13.7 Å². The molecule has 1 amide bonds. The smallest absolute Gasteiger partial charge is 0.407 e. The quantitative estimate of drug-likeness (QED) is 0.344. The number of amides is 1. The van der Waals surface area contributed by atoms with Crippen molar-refractivity contribution < 1.29 is 36.8 Å². The predicted octanol–water partition coefficient (Wildman–Crippen LogP) is 4.58. The van der Waals surface area contributed by atoms with E-state index in [4.69, 9.17) is 13.7 Å². The van der Waals surface area contributed by atoms with Crippen molar-refractivity contribution in [3.8, 4) is 5.75 Å². The van der Waals surface area contributed by atoms with Crippen molar-refractivity contribution >= 4 is 33.9 Å². The molecule has 2 atom stereocenters. The van der Waals surface area contributed by atoms with Crippen LogP contribution in [0.3, 0.4) is 0 Å². The Morgan fingerprint density at radius 2 is 1.70 bits per heavy atom. The van der Waals surface area contributed by atoms with Gasteiger partial charge in [0.25, 0.3) is 10.1 Å².